The predicted molar refractivity (Wildman–Crippen MR) is 66.9 cm³/mol. The van der Waals surface area contributed by atoms with Crippen molar-refractivity contribution in [1.29, 1.82) is 0 Å². The lowest BCUT2D eigenvalue weighted by molar-refractivity contribution is -0.146. The van der Waals surface area contributed by atoms with Gasteiger partial charge in [-0.1, -0.05) is 0 Å². The zero-order valence-corrected chi connectivity index (χ0v) is 11.3. The Morgan fingerprint density at radius 1 is 1.76 bits per heavy atom. The van der Waals surface area contributed by atoms with Crippen LogP contribution in [0.1, 0.15) is 31.7 Å². The first kappa shape index (κ1) is 12.6. The molecule has 94 valence electrons. The molecule has 1 aromatic heterocycles. The van der Waals surface area contributed by atoms with Gasteiger partial charge in [0.25, 0.3) is 0 Å². The van der Waals surface area contributed by atoms with Crippen LogP contribution in [0, 0.1) is 0 Å². The maximum Gasteiger partial charge on any atom is 0.323 e. The van der Waals surface area contributed by atoms with Gasteiger partial charge in [0.05, 0.1) is 16.7 Å². The third kappa shape index (κ3) is 2.37. The Morgan fingerprint density at radius 3 is 3.06 bits per heavy atom. The fourth-order valence-corrected chi connectivity index (χ4v) is 2.82. The Kier molecular flexibility index (Phi) is 3.53. The highest BCUT2D eigenvalue weighted by Crippen LogP contribution is 2.35. The van der Waals surface area contributed by atoms with Crippen LogP contribution in [0.15, 0.2) is 16.9 Å². The number of rotatable bonds is 3. The highest BCUT2D eigenvalue weighted by atomic mass is 79.9. The van der Waals surface area contributed by atoms with Crippen LogP contribution in [0.25, 0.3) is 0 Å². The van der Waals surface area contributed by atoms with Gasteiger partial charge >= 0.3 is 5.97 Å². The highest BCUT2D eigenvalue weighted by molar-refractivity contribution is 9.10. The summed E-state index contributed by atoms with van der Waals surface area (Å²) in [4.78, 5) is 11.4. The summed E-state index contributed by atoms with van der Waals surface area (Å²) >= 11 is 3.36. The van der Waals surface area contributed by atoms with E-state index in [0.717, 1.165) is 17.3 Å². The molecule has 17 heavy (non-hydrogen) atoms. The largest absolute Gasteiger partial charge is 0.480 e. The van der Waals surface area contributed by atoms with E-state index >= 15 is 0 Å². The van der Waals surface area contributed by atoms with Crippen molar-refractivity contribution in [3.05, 3.63) is 16.9 Å². The molecule has 0 aliphatic heterocycles. The molecule has 6 heteroatoms. The van der Waals surface area contributed by atoms with Crippen molar-refractivity contribution in [1.82, 2.24) is 15.1 Å². The van der Waals surface area contributed by atoms with Gasteiger partial charge in [-0.25, -0.2) is 0 Å². The first-order valence-corrected chi connectivity index (χ1v) is 6.49. The number of halogens is 1. The first-order chi connectivity index (χ1) is 8.07. The van der Waals surface area contributed by atoms with Gasteiger partial charge < -0.3 is 10.4 Å². The van der Waals surface area contributed by atoms with Gasteiger partial charge in [-0.3, -0.25) is 9.48 Å². The Hall–Kier alpha value is -0.880. The predicted octanol–water partition coefficient (Wildman–Crippen LogP) is 1.80. The number of carbonyl (C=O) groups is 1. The molecule has 0 spiro atoms. The molecule has 1 aliphatic carbocycles. The molecule has 1 aromatic rings. The maximum absolute atomic E-state index is 11.4. The molecule has 0 bridgehead atoms. The molecule has 1 fully saturated rings. The van der Waals surface area contributed by atoms with E-state index in [1.165, 1.54) is 0 Å². The molecule has 2 unspecified atom stereocenters. The summed E-state index contributed by atoms with van der Waals surface area (Å²) in [7, 11) is 1.72. The average molecular weight is 302 g/mol. The Bertz CT molecular complexity index is 421. The summed E-state index contributed by atoms with van der Waals surface area (Å²) < 4.78 is 2.78. The molecule has 0 radical (unpaired) electrons. The summed E-state index contributed by atoms with van der Waals surface area (Å²) in [6.07, 6.45) is 6.76. The Balaban J connectivity index is 2.19. The lowest BCUT2D eigenvalue weighted by Crippen LogP contribution is -2.53. The zero-order valence-electron chi connectivity index (χ0n) is 9.69. The molecular formula is C11H16BrN3O2. The van der Waals surface area contributed by atoms with Gasteiger partial charge in [0.2, 0.25) is 0 Å². The number of carboxylic acid groups (broad SMARTS) is 1. The van der Waals surface area contributed by atoms with E-state index in [1.807, 2.05) is 10.9 Å². The third-order valence-electron chi connectivity index (χ3n) is 3.56. The summed E-state index contributed by atoms with van der Waals surface area (Å²) in [5.41, 5.74) is -0.804. The molecule has 1 heterocycles. The second kappa shape index (κ2) is 4.78. The van der Waals surface area contributed by atoms with Crippen LogP contribution in [-0.4, -0.2) is 33.4 Å². The molecule has 1 aliphatic rings. The van der Waals surface area contributed by atoms with Crippen molar-refractivity contribution in [3.63, 3.8) is 0 Å². The van der Waals surface area contributed by atoms with Gasteiger partial charge in [0.1, 0.15) is 5.54 Å². The second-order valence-electron chi connectivity index (χ2n) is 4.53. The standard InChI is InChI=1S/C11H16BrN3O2/c1-13-11(10(16)17)4-2-3-9(5-11)15-7-8(12)6-14-15/h6-7,9,13H,2-5H2,1H3,(H,16,17). The molecule has 2 atom stereocenters. The fourth-order valence-electron chi connectivity index (χ4n) is 2.51. The van der Waals surface area contributed by atoms with Crippen LogP contribution in [0.3, 0.4) is 0 Å². The van der Waals surface area contributed by atoms with Crippen LogP contribution in [0.4, 0.5) is 0 Å². The highest BCUT2D eigenvalue weighted by Gasteiger charge is 2.42. The van der Waals surface area contributed by atoms with Crippen molar-refractivity contribution >= 4 is 21.9 Å². The lowest BCUT2D eigenvalue weighted by atomic mass is 9.79. The van der Waals surface area contributed by atoms with Crippen molar-refractivity contribution in [3.8, 4) is 0 Å². The van der Waals surface area contributed by atoms with Crippen molar-refractivity contribution in [2.24, 2.45) is 0 Å². The molecule has 5 nitrogen and oxygen atoms in total. The second-order valence-corrected chi connectivity index (χ2v) is 5.44. The van der Waals surface area contributed by atoms with Gasteiger partial charge in [-0.05, 0) is 48.7 Å². The Morgan fingerprint density at radius 2 is 2.53 bits per heavy atom. The number of hydrogen-bond donors (Lipinski definition) is 2. The van der Waals surface area contributed by atoms with Crippen LogP contribution >= 0.6 is 15.9 Å². The number of carboxylic acids is 1. The summed E-state index contributed by atoms with van der Waals surface area (Å²) in [6, 6.07) is 0.151. The van der Waals surface area contributed by atoms with E-state index in [1.54, 1.807) is 13.2 Å². The van der Waals surface area contributed by atoms with Crippen molar-refractivity contribution in [2.75, 3.05) is 7.05 Å². The maximum atomic E-state index is 11.4. The molecule has 0 aromatic carbocycles. The molecular weight excluding hydrogens is 286 g/mol. The minimum Gasteiger partial charge on any atom is -0.480 e. The third-order valence-corrected chi connectivity index (χ3v) is 3.97. The van der Waals surface area contributed by atoms with Gasteiger partial charge in [-0.2, -0.15) is 5.10 Å². The van der Waals surface area contributed by atoms with Gasteiger partial charge in [0, 0.05) is 6.20 Å². The SMILES string of the molecule is CNC1(C(=O)O)CCCC(n2cc(Br)cn2)C1. The molecule has 2 rings (SSSR count). The molecule has 0 amide bonds. The van der Waals surface area contributed by atoms with Crippen molar-refractivity contribution in [2.45, 2.75) is 37.3 Å². The molecule has 0 saturated heterocycles. The topological polar surface area (TPSA) is 67.2 Å². The van der Waals surface area contributed by atoms with Crippen LogP contribution in [0.5, 0.6) is 0 Å². The molecule has 1 saturated carbocycles. The first-order valence-electron chi connectivity index (χ1n) is 5.69. The number of nitrogens with zero attached hydrogens (tertiary/aromatic N) is 2. The van der Waals surface area contributed by atoms with E-state index in [0.29, 0.717) is 12.8 Å². The van der Waals surface area contributed by atoms with Gasteiger partial charge in [0.15, 0.2) is 0 Å². The van der Waals surface area contributed by atoms with E-state index in [2.05, 4.69) is 26.3 Å². The zero-order chi connectivity index (χ0) is 12.5. The summed E-state index contributed by atoms with van der Waals surface area (Å²) in [5, 5.41) is 16.6. The Labute approximate surface area is 108 Å². The van der Waals surface area contributed by atoms with E-state index in [9.17, 15) is 9.90 Å². The van der Waals surface area contributed by atoms with E-state index < -0.39 is 11.5 Å². The number of hydrogen-bond acceptors (Lipinski definition) is 3. The summed E-state index contributed by atoms with van der Waals surface area (Å²) in [5.74, 6) is -0.768. The van der Waals surface area contributed by atoms with Crippen LogP contribution in [0.2, 0.25) is 0 Å². The van der Waals surface area contributed by atoms with Gasteiger partial charge in [-0.15, -0.1) is 0 Å². The lowest BCUT2D eigenvalue weighted by Gasteiger charge is -2.37. The smallest absolute Gasteiger partial charge is 0.323 e. The van der Waals surface area contributed by atoms with Crippen LogP contribution < -0.4 is 5.32 Å². The summed E-state index contributed by atoms with van der Waals surface area (Å²) in [6.45, 7) is 0. The minimum absolute atomic E-state index is 0.151. The van der Waals surface area contributed by atoms with E-state index in [-0.39, 0.29) is 6.04 Å². The van der Waals surface area contributed by atoms with E-state index in [4.69, 9.17) is 0 Å². The molecule has 2 N–H and O–H groups in total. The fraction of sp³-hybridized carbons (Fsp3) is 0.636. The number of aromatic nitrogens is 2. The quantitative estimate of drug-likeness (QED) is 0.893. The number of nitrogens with one attached hydrogen (secondary N) is 1. The van der Waals surface area contributed by atoms with Crippen molar-refractivity contribution < 1.29 is 9.90 Å². The van der Waals surface area contributed by atoms with Crippen LogP contribution in [-0.2, 0) is 4.79 Å². The normalized spacial score (nSPS) is 29.2. The number of aliphatic carboxylic acids is 1. The number of likely N-dealkylation sites (N-methyl/N-ethyl adjacent to an activating group) is 1. The average Bonchev–Trinajstić information content (AvgIpc) is 2.76. The monoisotopic (exact) mass is 301 g/mol. The minimum atomic E-state index is -0.804.